The Morgan fingerprint density at radius 2 is 1.92 bits per heavy atom. The average molecular weight is 390 g/mol. The van der Waals surface area contributed by atoms with Crippen molar-refractivity contribution in [3.63, 3.8) is 0 Å². The first kappa shape index (κ1) is 18.8. The van der Waals surface area contributed by atoms with Crippen molar-refractivity contribution in [1.82, 2.24) is 14.9 Å². The van der Waals surface area contributed by atoms with Crippen LogP contribution >= 0.6 is 0 Å². The fraction of sp³-hybridized carbons (Fsp3) is 0.182. The average Bonchev–Trinajstić information content (AvgIpc) is 2.86. The second-order valence-corrected chi connectivity index (χ2v) is 7.49. The monoisotopic (exact) mass is 390 g/mol. The maximum Gasteiger partial charge on any atom is 0.295 e. The predicted octanol–water partition coefficient (Wildman–Crippen LogP) is -0.506. The number of benzene rings is 1. The number of nitrogens with zero attached hydrogens (tertiary/aromatic N) is 4. The van der Waals surface area contributed by atoms with Gasteiger partial charge in [0.15, 0.2) is 5.82 Å². The molecule has 0 saturated carbocycles. The Labute approximate surface area is 142 Å². The van der Waals surface area contributed by atoms with Gasteiger partial charge < -0.3 is 5.84 Å². The van der Waals surface area contributed by atoms with Crippen LogP contribution in [-0.2, 0) is 26.7 Å². The molecular weight excluding hydrogens is 376 g/mol. The number of nitrogen functional groups attached to an aromatic ring is 1. The Balaban J connectivity index is 2.37. The van der Waals surface area contributed by atoms with Crippen LogP contribution in [0.3, 0.4) is 0 Å². The van der Waals surface area contributed by atoms with Crippen molar-refractivity contribution in [1.29, 1.82) is 0 Å². The first-order chi connectivity index (χ1) is 11.5. The first-order valence-corrected chi connectivity index (χ1v) is 9.49. The van der Waals surface area contributed by atoms with Gasteiger partial charge in [0.1, 0.15) is 4.90 Å². The van der Waals surface area contributed by atoms with Crippen molar-refractivity contribution in [2.45, 2.75) is 23.1 Å². The fourth-order valence-corrected chi connectivity index (χ4v) is 3.08. The molecule has 0 radical (unpaired) electrons. The second-order valence-electron chi connectivity index (χ2n) is 4.68. The number of hydrogen-bond acceptors (Lipinski definition) is 9. The summed E-state index contributed by atoms with van der Waals surface area (Å²) in [5.74, 6) is 6.25. The number of hydrazone groups is 1. The van der Waals surface area contributed by atoms with Crippen molar-refractivity contribution >= 4 is 32.4 Å². The van der Waals surface area contributed by atoms with E-state index in [9.17, 15) is 21.4 Å². The SMILES string of the molecule is CCc1nnc(NN=Cc2ccc(S(=O)(=O)O)cc2S(=O)(=O)O)n1N. The quantitative estimate of drug-likeness (QED) is 0.216. The zero-order valence-electron chi connectivity index (χ0n) is 12.7. The lowest BCUT2D eigenvalue weighted by Gasteiger charge is -2.05. The maximum atomic E-state index is 11.4. The molecule has 0 spiro atoms. The fourth-order valence-electron chi connectivity index (χ4n) is 1.81. The van der Waals surface area contributed by atoms with E-state index in [1.165, 1.54) is 0 Å². The number of aryl methyl sites for hydroxylation is 1. The molecular formula is C11H14N6O6S2. The van der Waals surface area contributed by atoms with E-state index in [1.807, 2.05) is 6.92 Å². The van der Waals surface area contributed by atoms with E-state index in [2.05, 4.69) is 20.7 Å². The van der Waals surface area contributed by atoms with Crippen LogP contribution in [0.5, 0.6) is 0 Å². The summed E-state index contributed by atoms with van der Waals surface area (Å²) in [7, 11) is -9.42. The Bertz CT molecular complexity index is 1030. The molecule has 1 aromatic heterocycles. The lowest BCUT2D eigenvalue weighted by atomic mass is 10.2. The molecule has 0 unspecified atom stereocenters. The molecule has 0 fully saturated rings. The summed E-state index contributed by atoms with van der Waals surface area (Å²) in [6.45, 7) is 1.82. The van der Waals surface area contributed by atoms with Crippen LogP contribution in [0.15, 0.2) is 33.1 Å². The van der Waals surface area contributed by atoms with Gasteiger partial charge in [-0.05, 0) is 12.1 Å². The summed E-state index contributed by atoms with van der Waals surface area (Å²) < 4.78 is 64.3. The van der Waals surface area contributed by atoms with E-state index in [-0.39, 0.29) is 11.5 Å². The topological polar surface area (TPSA) is 190 Å². The van der Waals surface area contributed by atoms with Gasteiger partial charge in [-0.2, -0.15) is 21.9 Å². The summed E-state index contributed by atoms with van der Waals surface area (Å²) in [5, 5.41) is 11.2. The van der Waals surface area contributed by atoms with Gasteiger partial charge in [-0.25, -0.2) is 10.1 Å². The van der Waals surface area contributed by atoms with Crippen LogP contribution in [0, 0.1) is 0 Å². The largest absolute Gasteiger partial charge is 0.335 e. The second kappa shape index (κ2) is 6.75. The Hall–Kier alpha value is -2.55. The molecule has 14 heteroatoms. The minimum Gasteiger partial charge on any atom is -0.335 e. The number of rotatable bonds is 6. The van der Waals surface area contributed by atoms with Crippen molar-refractivity contribution in [3.8, 4) is 0 Å². The lowest BCUT2D eigenvalue weighted by Crippen LogP contribution is -2.15. The van der Waals surface area contributed by atoms with Crippen LogP contribution < -0.4 is 11.3 Å². The molecule has 0 bridgehead atoms. The smallest absolute Gasteiger partial charge is 0.295 e. The summed E-state index contributed by atoms with van der Waals surface area (Å²) in [5.41, 5.74) is 2.29. The number of nitrogens with one attached hydrogen (secondary N) is 1. The third-order valence-corrected chi connectivity index (χ3v) is 4.77. The number of hydrogen-bond donors (Lipinski definition) is 4. The van der Waals surface area contributed by atoms with E-state index < -0.39 is 30.0 Å². The van der Waals surface area contributed by atoms with Gasteiger partial charge >= 0.3 is 0 Å². The minimum absolute atomic E-state index is 0.0797. The van der Waals surface area contributed by atoms with Gasteiger partial charge in [-0.15, -0.1) is 10.2 Å². The number of aromatic nitrogens is 3. The van der Waals surface area contributed by atoms with Crippen molar-refractivity contribution < 1.29 is 25.9 Å². The van der Waals surface area contributed by atoms with Crippen LogP contribution in [0.2, 0.25) is 0 Å². The molecule has 5 N–H and O–H groups in total. The molecule has 0 aliphatic carbocycles. The predicted molar refractivity (Wildman–Crippen MR) is 86.8 cm³/mol. The summed E-state index contributed by atoms with van der Waals surface area (Å²) in [6, 6.07) is 2.60. The summed E-state index contributed by atoms with van der Waals surface area (Å²) in [6.07, 6.45) is 1.52. The summed E-state index contributed by atoms with van der Waals surface area (Å²) in [4.78, 5) is -1.45. The van der Waals surface area contributed by atoms with Crippen molar-refractivity contribution in [3.05, 3.63) is 29.6 Å². The van der Waals surface area contributed by atoms with Crippen LogP contribution in [0.4, 0.5) is 5.95 Å². The zero-order valence-corrected chi connectivity index (χ0v) is 14.4. The molecule has 0 atom stereocenters. The van der Waals surface area contributed by atoms with E-state index in [0.717, 1.165) is 23.0 Å². The maximum absolute atomic E-state index is 11.4. The van der Waals surface area contributed by atoms with Gasteiger partial charge in [0.05, 0.1) is 11.1 Å². The Morgan fingerprint density at radius 3 is 2.44 bits per heavy atom. The van der Waals surface area contributed by atoms with Crippen LogP contribution in [0.25, 0.3) is 0 Å². The normalized spacial score (nSPS) is 12.6. The van der Waals surface area contributed by atoms with E-state index in [0.29, 0.717) is 18.3 Å². The standard InChI is InChI=1S/C11H14N6O6S2/c1-2-10-14-16-11(17(10)12)15-13-6-7-3-4-8(24(18,19)20)5-9(7)25(21,22)23/h3-6H,2,12H2,1H3,(H,15,16)(H,18,19,20)(H,21,22,23). The molecule has 0 saturated heterocycles. The van der Waals surface area contributed by atoms with Gasteiger partial charge in [0.25, 0.3) is 26.2 Å². The molecule has 2 aromatic rings. The zero-order chi connectivity index (χ0) is 18.8. The highest BCUT2D eigenvalue weighted by Crippen LogP contribution is 2.19. The lowest BCUT2D eigenvalue weighted by molar-refractivity contribution is 0.481. The molecule has 1 aromatic carbocycles. The third kappa shape index (κ3) is 4.30. The minimum atomic E-state index is -4.77. The third-order valence-electron chi connectivity index (χ3n) is 3.01. The molecule has 0 amide bonds. The molecule has 0 aliphatic heterocycles. The van der Waals surface area contributed by atoms with Gasteiger partial charge in [0, 0.05) is 12.0 Å². The molecule has 25 heavy (non-hydrogen) atoms. The van der Waals surface area contributed by atoms with Crippen molar-refractivity contribution in [2.24, 2.45) is 5.10 Å². The highest BCUT2D eigenvalue weighted by Gasteiger charge is 2.19. The van der Waals surface area contributed by atoms with E-state index >= 15 is 0 Å². The molecule has 0 aliphatic rings. The first-order valence-electron chi connectivity index (χ1n) is 6.61. The Kier molecular flexibility index (Phi) is 5.07. The van der Waals surface area contributed by atoms with E-state index in [4.69, 9.17) is 10.4 Å². The Morgan fingerprint density at radius 1 is 1.24 bits per heavy atom. The molecule has 2 rings (SSSR count). The highest BCUT2D eigenvalue weighted by molar-refractivity contribution is 7.86. The van der Waals surface area contributed by atoms with Crippen LogP contribution in [-0.4, -0.2) is 47.0 Å². The molecule has 136 valence electrons. The van der Waals surface area contributed by atoms with Crippen LogP contribution in [0.1, 0.15) is 18.3 Å². The highest BCUT2D eigenvalue weighted by atomic mass is 32.2. The van der Waals surface area contributed by atoms with Gasteiger partial charge in [-0.3, -0.25) is 9.11 Å². The number of anilines is 1. The number of nitrogens with two attached hydrogens (primary N) is 1. The van der Waals surface area contributed by atoms with Crippen molar-refractivity contribution in [2.75, 3.05) is 11.3 Å². The molecule has 12 nitrogen and oxygen atoms in total. The summed E-state index contributed by atoms with van der Waals surface area (Å²) >= 11 is 0. The van der Waals surface area contributed by atoms with Gasteiger partial charge in [0.2, 0.25) is 0 Å². The molecule has 1 heterocycles. The van der Waals surface area contributed by atoms with Gasteiger partial charge in [-0.1, -0.05) is 13.0 Å². The van der Waals surface area contributed by atoms with E-state index in [1.54, 1.807) is 0 Å².